The van der Waals surface area contributed by atoms with Crippen molar-refractivity contribution in [3.8, 4) is 0 Å². The highest BCUT2D eigenvalue weighted by Crippen LogP contribution is 2.36. The first-order chi connectivity index (χ1) is 8.77. The van der Waals surface area contributed by atoms with Crippen LogP contribution in [0.3, 0.4) is 0 Å². The summed E-state index contributed by atoms with van der Waals surface area (Å²) >= 11 is 5.32. The molecular weight excluding hydrogens is 310 g/mol. The lowest BCUT2D eigenvalue weighted by molar-refractivity contribution is 0.783. The molecule has 1 aliphatic rings. The van der Waals surface area contributed by atoms with Crippen molar-refractivity contribution in [2.24, 2.45) is 10.7 Å². The van der Waals surface area contributed by atoms with Gasteiger partial charge in [-0.2, -0.15) is 0 Å². The molecule has 0 aliphatic carbocycles. The smallest absolute Gasteiger partial charge is 0.196 e. The number of hydrogen-bond donors (Lipinski definition) is 1. The molecule has 0 spiro atoms. The highest BCUT2D eigenvalue weighted by molar-refractivity contribution is 9.10. The maximum atomic E-state index is 6.04. The maximum absolute atomic E-state index is 6.04. The Morgan fingerprint density at radius 2 is 2.11 bits per heavy atom. The molecule has 0 saturated carbocycles. The molecule has 2 N–H and O–H groups in total. The van der Waals surface area contributed by atoms with Crippen molar-refractivity contribution in [3.63, 3.8) is 0 Å². The van der Waals surface area contributed by atoms with Gasteiger partial charge >= 0.3 is 0 Å². The zero-order chi connectivity index (χ0) is 12.5. The Morgan fingerprint density at radius 1 is 1.28 bits per heavy atom. The van der Waals surface area contributed by atoms with Crippen LogP contribution in [0.15, 0.2) is 51.2 Å². The predicted octanol–water partition coefficient (Wildman–Crippen LogP) is 3.39. The van der Waals surface area contributed by atoms with E-state index in [-0.39, 0.29) is 6.04 Å². The maximum Gasteiger partial charge on any atom is 0.196 e. The van der Waals surface area contributed by atoms with Crippen LogP contribution in [0.5, 0.6) is 0 Å². The van der Waals surface area contributed by atoms with Gasteiger partial charge in [0.1, 0.15) is 0 Å². The average molecular weight is 322 g/mol. The minimum Gasteiger partial charge on any atom is -0.369 e. The van der Waals surface area contributed by atoms with E-state index in [1.807, 2.05) is 18.2 Å². The quantitative estimate of drug-likeness (QED) is 0.921. The molecule has 1 atom stereocenters. The fourth-order valence-electron chi connectivity index (χ4n) is 2.13. The van der Waals surface area contributed by atoms with Crippen molar-refractivity contribution in [2.45, 2.75) is 6.04 Å². The highest BCUT2D eigenvalue weighted by atomic mass is 79.9. The molecule has 0 saturated heterocycles. The van der Waals surface area contributed by atoms with Gasteiger partial charge in [0.15, 0.2) is 5.96 Å². The Balaban J connectivity index is 2.03. The molecule has 1 aromatic heterocycles. The normalized spacial score (nSPS) is 19.1. The van der Waals surface area contributed by atoms with E-state index in [2.05, 4.69) is 49.4 Å². The summed E-state index contributed by atoms with van der Waals surface area (Å²) in [7, 11) is 0. The number of benzene rings is 1. The van der Waals surface area contributed by atoms with Crippen molar-refractivity contribution in [2.75, 3.05) is 11.4 Å². The largest absolute Gasteiger partial charge is 0.369 e. The summed E-state index contributed by atoms with van der Waals surface area (Å²) in [5.41, 5.74) is 7.10. The van der Waals surface area contributed by atoms with Crippen LogP contribution in [-0.2, 0) is 0 Å². The van der Waals surface area contributed by atoms with E-state index < -0.39 is 0 Å². The number of rotatable bonds is 2. The third-order valence-electron chi connectivity index (χ3n) is 2.97. The highest BCUT2D eigenvalue weighted by Gasteiger charge is 2.30. The molecule has 3 rings (SSSR count). The standard InChI is InChI=1S/C13H12BrN3S/c14-9-4-1-2-5-10(9)17-11(8-16-13(17)15)12-6-3-7-18-12/h1-7,11H,8H2,(H2,15,16). The van der Waals surface area contributed by atoms with Crippen LogP contribution in [-0.4, -0.2) is 12.5 Å². The summed E-state index contributed by atoms with van der Waals surface area (Å²) in [6, 6.07) is 12.5. The van der Waals surface area contributed by atoms with Crippen molar-refractivity contribution in [1.82, 2.24) is 0 Å². The van der Waals surface area contributed by atoms with Crippen LogP contribution < -0.4 is 10.6 Å². The van der Waals surface area contributed by atoms with E-state index in [1.165, 1.54) is 4.88 Å². The number of para-hydroxylation sites is 1. The third kappa shape index (κ3) is 1.93. The predicted molar refractivity (Wildman–Crippen MR) is 80.2 cm³/mol. The topological polar surface area (TPSA) is 41.6 Å². The van der Waals surface area contributed by atoms with E-state index in [0.29, 0.717) is 12.5 Å². The lowest BCUT2D eigenvalue weighted by atomic mass is 10.2. The van der Waals surface area contributed by atoms with Gasteiger partial charge in [0.05, 0.1) is 18.3 Å². The molecule has 5 heteroatoms. The van der Waals surface area contributed by atoms with E-state index in [0.717, 1.165) is 10.2 Å². The van der Waals surface area contributed by atoms with Gasteiger partial charge in [-0.25, -0.2) is 0 Å². The summed E-state index contributed by atoms with van der Waals surface area (Å²) in [5, 5.41) is 2.09. The van der Waals surface area contributed by atoms with Crippen molar-refractivity contribution >= 4 is 38.9 Å². The Hall–Kier alpha value is -1.33. The number of nitrogens with two attached hydrogens (primary N) is 1. The summed E-state index contributed by atoms with van der Waals surface area (Å²) in [6.45, 7) is 0.716. The summed E-state index contributed by atoms with van der Waals surface area (Å²) < 4.78 is 1.03. The Kier molecular flexibility index (Phi) is 3.09. The molecule has 0 bridgehead atoms. The Bertz CT molecular complexity index is 580. The fourth-order valence-corrected chi connectivity index (χ4v) is 3.42. The zero-order valence-corrected chi connectivity index (χ0v) is 12.0. The second-order valence-corrected chi connectivity index (χ2v) is 5.89. The first-order valence-electron chi connectivity index (χ1n) is 5.64. The molecule has 1 aromatic carbocycles. The van der Waals surface area contributed by atoms with E-state index in [9.17, 15) is 0 Å². The average Bonchev–Trinajstić information content (AvgIpc) is 2.99. The van der Waals surface area contributed by atoms with Crippen LogP contribution in [0.4, 0.5) is 5.69 Å². The molecule has 2 heterocycles. The van der Waals surface area contributed by atoms with E-state index >= 15 is 0 Å². The van der Waals surface area contributed by atoms with Gasteiger partial charge in [-0.05, 0) is 39.5 Å². The van der Waals surface area contributed by atoms with Crippen LogP contribution in [0, 0.1) is 0 Å². The van der Waals surface area contributed by atoms with Gasteiger partial charge in [0.25, 0.3) is 0 Å². The second kappa shape index (κ2) is 4.74. The molecule has 0 radical (unpaired) electrons. The summed E-state index contributed by atoms with van der Waals surface area (Å²) in [5.74, 6) is 0.584. The molecule has 3 nitrogen and oxygen atoms in total. The van der Waals surface area contributed by atoms with Crippen LogP contribution in [0.25, 0.3) is 0 Å². The Morgan fingerprint density at radius 3 is 2.83 bits per heavy atom. The minimum absolute atomic E-state index is 0.212. The number of halogens is 1. The Labute approximate surface area is 118 Å². The molecule has 2 aromatic rings. The number of nitrogens with zero attached hydrogens (tertiary/aromatic N) is 2. The SMILES string of the molecule is NC1=NCC(c2cccs2)N1c1ccccc1Br. The fraction of sp³-hybridized carbons (Fsp3) is 0.154. The molecule has 1 unspecified atom stereocenters. The molecular formula is C13H12BrN3S. The van der Waals surface area contributed by atoms with Crippen LogP contribution in [0.1, 0.15) is 10.9 Å². The van der Waals surface area contributed by atoms with Gasteiger partial charge in [-0.1, -0.05) is 18.2 Å². The molecule has 0 amide bonds. The van der Waals surface area contributed by atoms with E-state index in [1.54, 1.807) is 11.3 Å². The van der Waals surface area contributed by atoms with Gasteiger partial charge in [-0.15, -0.1) is 11.3 Å². The number of guanidine groups is 1. The first kappa shape index (κ1) is 11.7. The molecule has 18 heavy (non-hydrogen) atoms. The van der Waals surface area contributed by atoms with Crippen molar-refractivity contribution in [1.29, 1.82) is 0 Å². The van der Waals surface area contributed by atoms with Gasteiger partial charge in [0.2, 0.25) is 0 Å². The lowest BCUT2D eigenvalue weighted by Gasteiger charge is -2.26. The van der Waals surface area contributed by atoms with Gasteiger partial charge < -0.3 is 10.6 Å². The third-order valence-corrected chi connectivity index (χ3v) is 4.61. The summed E-state index contributed by atoms with van der Waals surface area (Å²) in [6.07, 6.45) is 0. The molecule has 1 aliphatic heterocycles. The number of hydrogen-bond acceptors (Lipinski definition) is 4. The van der Waals surface area contributed by atoms with Crippen molar-refractivity contribution in [3.05, 3.63) is 51.1 Å². The first-order valence-corrected chi connectivity index (χ1v) is 7.31. The van der Waals surface area contributed by atoms with Gasteiger partial charge in [-0.3, -0.25) is 4.99 Å². The minimum atomic E-state index is 0.212. The van der Waals surface area contributed by atoms with Crippen LogP contribution >= 0.6 is 27.3 Å². The monoisotopic (exact) mass is 321 g/mol. The van der Waals surface area contributed by atoms with Crippen LogP contribution in [0.2, 0.25) is 0 Å². The summed E-state index contributed by atoms with van der Waals surface area (Å²) in [4.78, 5) is 7.76. The second-order valence-electron chi connectivity index (χ2n) is 4.05. The van der Waals surface area contributed by atoms with E-state index in [4.69, 9.17) is 5.73 Å². The number of aliphatic imine (C=N–C) groups is 1. The van der Waals surface area contributed by atoms with Crippen molar-refractivity contribution < 1.29 is 0 Å². The number of anilines is 1. The molecule has 92 valence electrons. The van der Waals surface area contributed by atoms with Gasteiger partial charge in [0, 0.05) is 9.35 Å². The zero-order valence-electron chi connectivity index (χ0n) is 9.58. The molecule has 0 fully saturated rings. The lowest BCUT2D eigenvalue weighted by Crippen LogP contribution is -2.36. The number of thiophene rings is 1.